The molecule has 0 bridgehead atoms. The number of rotatable bonds is 6. The number of anilines is 2. The van der Waals surface area contributed by atoms with Crippen molar-refractivity contribution < 1.29 is 36.3 Å². The van der Waals surface area contributed by atoms with Gasteiger partial charge in [-0.15, -0.1) is 0 Å². The molecule has 1 aliphatic carbocycles. The van der Waals surface area contributed by atoms with E-state index in [0.29, 0.717) is 6.20 Å². The van der Waals surface area contributed by atoms with E-state index in [1.807, 2.05) is 0 Å². The Morgan fingerprint density at radius 2 is 1.81 bits per heavy atom. The molecule has 190 valence electrons. The molecule has 0 saturated heterocycles. The van der Waals surface area contributed by atoms with Crippen LogP contribution >= 0.6 is 0 Å². The second-order valence-electron chi connectivity index (χ2n) is 8.01. The van der Waals surface area contributed by atoms with Crippen LogP contribution in [0.25, 0.3) is 11.4 Å². The minimum absolute atomic E-state index is 0.0735. The van der Waals surface area contributed by atoms with Gasteiger partial charge < -0.3 is 10.1 Å². The monoisotopic (exact) mass is 511 g/mol. The van der Waals surface area contributed by atoms with Gasteiger partial charge in [0.15, 0.2) is 5.82 Å². The van der Waals surface area contributed by atoms with Crippen LogP contribution in [0.4, 0.5) is 38.3 Å². The van der Waals surface area contributed by atoms with E-state index in [0.717, 1.165) is 6.07 Å². The Kier molecular flexibility index (Phi) is 6.56. The molecule has 2 amide bonds. The lowest BCUT2D eigenvalue weighted by Gasteiger charge is -2.15. The molecule has 1 fully saturated rings. The molecule has 10 nitrogen and oxygen atoms in total. The van der Waals surface area contributed by atoms with E-state index in [4.69, 9.17) is 4.74 Å². The third-order valence-corrected chi connectivity index (χ3v) is 5.42. The lowest BCUT2D eigenvalue weighted by Crippen LogP contribution is -2.20. The van der Waals surface area contributed by atoms with Crippen molar-refractivity contribution in [2.24, 2.45) is 18.9 Å². The Morgan fingerprint density at radius 1 is 1.11 bits per heavy atom. The number of nitrogens with zero attached hydrogens (tertiary/aromatic N) is 5. The average molecular weight is 511 g/mol. The number of pyridine rings is 1. The first kappa shape index (κ1) is 24.9. The predicted octanol–water partition coefficient (Wildman–Crippen LogP) is 4.00. The molecule has 4 rings (SSSR count). The molecular weight excluding hydrogens is 493 g/mol. The highest BCUT2D eigenvalue weighted by molar-refractivity contribution is 5.94. The Bertz CT molecular complexity index is 1300. The molecule has 0 radical (unpaired) electrons. The molecular formula is C21H18F5N7O3. The van der Waals surface area contributed by atoms with Crippen LogP contribution in [-0.4, -0.2) is 42.9 Å². The number of amides is 2. The number of carbonyl (C=O) groups is 2. The molecule has 3 aromatic heterocycles. The van der Waals surface area contributed by atoms with Crippen LogP contribution in [0.1, 0.15) is 25.0 Å². The molecule has 3 atom stereocenters. The maximum atomic E-state index is 13.8. The molecule has 0 aromatic carbocycles. The minimum atomic E-state index is -4.42. The number of aromatic nitrogens is 5. The summed E-state index contributed by atoms with van der Waals surface area (Å²) in [5.41, 5.74) is 0.0796. The third kappa shape index (κ3) is 5.39. The van der Waals surface area contributed by atoms with Crippen LogP contribution in [0.2, 0.25) is 0 Å². The Balaban J connectivity index is 1.42. The van der Waals surface area contributed by atoms with Crippen molar-refractivity contribution in [1.29, 1.82) is 0 Å². The minimum Gasteiger partial charge on any atom is -0.441 e. The summed E-state index contributed by atoms with van der Waals surface area (Å²) in [6.45, 7) is 1.33. The third-order valence-electron chi connectivity index (χ3n) is 5.42. The van der Waals surface area contributed by atoms with Gasteiger partial charge in [-0.05, 0) is 19.4 Å². The average Bonchev–Trinajstić information content (AvgIpc) is 3.56. The van der Waals surface area contributed by atoms with E-state index in [1.165, 1.54) is 37.2 Å². The van der Waals surface area contributed by atoms with Gasteiger partial charge in [0.2, 0.25) is 11.9 Å². The summed E-state index contributed by atoms with van der Waals surface area (Å²) in [6, 6.07) is 0.858. The summed E-state index contributed by atoms with van der Waals surface area (Å²) in [7, 11) is 1.50. The van der Waals surface area contributed by atoms with Gasteiger partial charge in [-0.25, -0.2) is 24.1 Å². The van der Waals surface area contributed by atoms with Gasteiger partial charge in [0.1, 0.15) is 17.7 Å². The normalized spacial score (nSPS) is 17.9. The van der Waals surface area contributed by atoms with Crippen LogP contribution in [0.15, 0.2) is 30.9 Å². The number of aryl methyl sites for hydroxylation is 1. The van der Waals surface area contributed by atoms with E-state index in [1.54, 1.807) is 0 Å². The smallest absolute Gasteiger partial charge is 0.413 e. The first-order valence-corrected chi connectivity index (χ1v) is 10.4. The summed E-state index contributed by atoms with van der Waals surface area (Å²) in [6.07, 6.45) is -2.46. The van der Waals surface area contributed by atoms with Gasteiger partial charge in [0.25, 0.3) is 0 Å². The van der Waals surface area contributed by atoms with Crippen molar-refractivity contribution in [2.75, 3.05) is 10.6 Å². The fourth-order valence-corrected chi connectivity index (χ4v) is 3.44. The van der Waals surface area contributed by atoms with E-state index in [-0.39, 0.29) is 34.9 Å². The van der Waals surface area contributed by atoms with Gasteiger partial charge in [-0.3, -0.25) is 14.8 Å². The molecule has 36 heavy (non-hydrogen) atoms. The van der Waals surface area contributed by atoms with Crippen LogP contribution < -0.4 is 10.6 Å². The number of carbonyl (C=O) groups excluding carboxylic acids is 2. The lowest BCUT2D eigenvalue weighted by molar-refractivity contribution is -0.153. The van der Waals surface area contributed by atoms with Crippen LogP contribution in [0, 0.1) is 23.6 Å². The molecule has 3 aromatic rings. The highest BCUT2D eigenvalue weighted by Gasteiger charge is 2.58. The highest BCUT2D eigenvalue weighted by Crippen LogP contribution is 2.50. The fourth-order valence-electron chi connectivity index (χ4n) is 3.44. The van der Waals surface area contributed by atoms with E-state index >= 15 is 0 Å². The Morgan fingerprint density at radius 3 is 2.44 bits per heavy atom. The quantitative estimate of drug-likeness (QED) is 0.379. The molecule has 2 N–H and O–H groups in total. The number of alkyl halides is 3. The van der Waals surface area contributed by atoms with Gasteiger partial charge in [0.05, 0.1) is 53.4 Å². The molecule has 3 heterocycles. The Labute approximate surface area is 199 Å². The summed E-state index contributed by atoms with van der Waals surface area (Å²) >= 11 is 0. The van der Waals surface area contributed by atoms with Crippen LogP contribution in [0.5, 0.6) is 0 Å². The molecule has 0 spiro atoms. The van der Waals surface area contributed by atoms with Gasteiger partial charge in [0, 0.05) is 7.05 Å². The number of halogens is 5. The van der Waals surface area contributed by atoms with E-state index < -0.39 is 47.9 Å². The topological polar surface area (TPSA) is 124 Å². The first-order valence-electron chi connectivity index (χ1n) is 10.4. The first-order chi connectivity index (χ1) is 16.9. The van der Waals surface area contributed by atoms with Crippen molar-refractivity contribution >= 4 is 23.5 Å². The van der Waals surface area contributed by atoms with Gasteiger partial charge in [-0.2, -0.15) is 22.7 Å². The maximum absolute atomic E-state index is 13.8. The van der Waals surface area contributed by atoms with E-state index in [2.05, 4.69) is 30.7 Å². The van der Waals surface area contributed by atoms with Crippen LogP contribution in [0.3, 0.4) is 0 Å². The second-order valence-corrected chi connectivity index (χ2v) is 8.01. The molecule has 15 heteroatoms. The molecule has 1 saturated carbocycles. The summed E-state index contributed by atoms with van der Waals surface area (Å²) in [4.78, 5) is 35.8. The van der Waals surface area contributed by atoms with Crippen molar-refractivity contribution in [3.63, 3.8) is 0 Å². The molecule has 0 unspecified atom stereocenters. The highest BCUT2D eigenvalue weighted by atomic mass is 19.4. The lowest BCUT2D eigenvalue weighted by atomic mass is 10.2. The summed E-state index contributed by atoms with van der Waals surface area (Å²) in [5, 5.41) is 8.79. The maximum Gasteiger partial charge on any atom is 0.413 e. The van der Waals surface area contributed by atoms with Crippen LogP contribution in [-0.2, 0) is 16.6 Å². The predicted molar refractivity (Wildman–Crippen MR) is 113 cm³/mol. The zero-order valence-corrected chi connectivity index (χ0v) is 18.7. The second kappa shape index (κ2) is 9.47. The summed E-state index contributed by atoms with van der Waals surface area (Å²) in [5.74, 6) is -5.20. The zero-order valence-electron chi connectivity index (χ0n) is 18.7. The Hall–Kier alpha value is -4.17. The standard InChI is InChI=1S/C21H18F5N7O3/c1-9(12-3-10(22)5-27-16(12)23)36-20(35)32-18-14(8-30-33(18)2)17-28-6-11(7-29-17)31-19(34)13-4-15(13)21(24,25)26/h3,5-9,13,15H,4H2,1-2H3,(H,31,34)(H,32,35)/t9-,13-,15-/m1/s1. The fraction of sp³-hybridized carbons (Fsp3) is 0.333. The van der Waals surface area contributed by atoms with Crippen molar-refractivity contribution in [3.05, 3.63) is 48.2 Å². The van der Waals surface area contributed by atoms with E-state index in [9.17, 15) is 31.5 Å². The molecule has 1 aliphatic rings. The SMILES string of the molecule is C[C@@H](OC(=O)Nc1c(-c2ncc(NC(=O)[C@@H]3C[C@H]3C(F)(F)F)cn2)cnn1C)c1cc(F)cnc1F. The number of hydrogen-bond donors (Lipinski definition) is 2. The van der Waals surface area contributed by atoms with Gasteiger partial charge in [-0.1, -0.05) is 0 Å². The number of ether oxygens (including phenoxy) is 1. The van der Waals surface area contributed by atoms with Crippen molar-refractivity contribution in [2.45, 2.75) is 25.6 Å². The largest absolute Gasteiger partial charge is 0.441 e. The number of hydrogen-bond acceptors (Lipinski definition) is 7. The number of nitrogens with one attached hydrogen (secondary N) is 2. The zero-order chi connectivity index (χ0) is 26.2. The van der Waals surface area contributed by atoms with Crippen molar-refractivity contribution in [3.8, 4) is 11.4 Å². The summed E-state index contributed by atoms with van der Waals surface area (Å²) < 4.78 is 71.6. The molecule has 0 aliphatic heterocycles. The van der Waals surface area contributed by atoms with Gasteiger partial charge >= 0.3 is 12.3 Å². The van der Waals surface area contributed by atoms with Crippen molar-refractivity contribution in [1.82, 2.24) is 24.7 Å².